The van der Waals surface area contributed by atoms with Crippen molar-refractivity contribution in [3.63, 3.8) is 0 Å². The fraction of sp³-hybridized carbons (Fsp3) is 0.348. The summed E-state index contributed by atoms with van der Waals surface area (Å²) in [6, 6.07) is 15.6. The predicted octanol–water partition coefficient (Wildman–Crippen LogP) is 4.22. The van der Waals surface area contributed by atoms with Gasteiger partial charge in [-0.3, -0.25) is 4.79 Å². The first kappa shape index (κ1) is 20.4. The lowest BCUT2D eigenvalue weighted by molar-refractivity contribution is -0.120. The fourth-order valence-electron chi connectivity index (χ4n) is 4.01. The Morgan fingerprint density at radius 2 is 2.10 bits per heavy atom. The van der Waals surface area contributed by atoms with E-state index in [4.69, 9.17) is 21.8 Å². The SMILES string of the molecule is N#CCCCn1c(CN2C(=O)C[C@@H](O)CCc3ccccc32)nc2cc(Cl)ccc21. The van der Waals surface area contributed by atoms with Gasteiger partial charge in [-0.2, -0.15) is 5.26 Å². The van der Waals surface area contributed by atoms with Crippen LogP contribution in [0, 0.1) is 11.3 Å². The van der Waals surface area contributed by atoms with Crippen molar-refractivity contribution >= 4 is 34.2 Å². The number of amides is 1. The van der Waals surface area contributed by atoms with Gasteiger partial charge < -0.3 is 14.6 Å². The molecule has 0 radical (unpaired) electrons. The smallest absolute Gasteiger partial charge is 0.230 e. The zero-order valence-electron chi connectivity index (χ0n) is 16.6. The fourth-order valence-corrected chi connectivity index (χ4v) is 4.18. The Morgan fingerprint density at radius 1 is 1.27 bits per heavy atom. The van der Waals surface area contributed by atoms with Crippen molar-refractivity contribution in [2.24, 2.45) is 0 Å². The van der Waals surface area contributed by atoms with Gasteiger partial charge in [-0.15, -0.1) is 0 Å². The molecule has 3 aromatic rings. The van der Waals surface area contributed by atoms with Crippen molar-refractivity contribution < 1.29 is 9.90 Å². The molecule has 2 aromatic carbocycles. The summed E-state index contributed by atoms with van der Waals surface area (Å²) in [6.45, 7) is 0.925. The maximum Gasteiger partial charge on any atom is 0.230 e. The molecule has 0 spiro atoms. The highest BCUT2D eigenvalue weighted by Gasteiger charge is 2.26. The number of nitriles is 1. The second-order valence-corrected chi connectivity index (χ2v) is 8.02. The highest BCUT2D eigenvalue weighted by molar-refractivity contribution is 6.31. The third-order valence-corrected chi connectivity index (χ3v) is 5.73. The van der Waals surface area contributed by atoms with Crippen LogP contribution in [0.4, 0.5) is 5.69 Å². The number of aliphatic hydroxyl groups is 1. The number of anilines is 1. The molecule has 0 fully saturated rings. The minimum Gasteiger partial charge on any atom is -0.393 e. The second kappa shape index (κ2) is 8.86. The van der Waals surface area contributed by atoms with Gasteiger partial charge in [0.2, 0.25) is 5.91 Å². The first-order valence-electron chi connectivity index (χ1n) is 10.1. The van der Waals surface area contributed by atoms with Crippen molar-refractivity contribution in [1.29, 1.82) is 5.26 Å². The largest absolute Gasteiger partial charge is 0.393 e. The number of aliphatic hydroxyl groups excluding tert-OH is 1. The number of benzene rings is 2. The van der Waals surface area contributed by atoms with Crippen LogP contribution < -0.4 is 4.90 Å². The number of imidazole rings is 1. The van der Waals surface area contributed by atoms with E-state index in [0.717, 1.165) is 34.5 Å². The molecule has 154 valence electrons. The summed E-state index contributed by atoms with van der Waals surface area (Å²) >= 11 is 6.16. The highest BCUT2D eigenvalue weighted by atomic mass is 35.5. The van der Waals surface area contributed by atoms with Crippen molar-refractivity contribution in [2.45, 2.75) is 51.3 Å². The summed E-state index contributed by atoms with van der Waals surface area (Å²) in [5.41, 5.74) is 3.60. The third-order valence-electron chi connectivity index (χ3n) is 5.50. The third kappa shape index (κ3) is 4.18. The molecular weight excluding hydrogens is 400 g/mol. The van der Waals surface area contributed by atoms with Gasteiger partial charge in [0.1, 0.15) is 5.82 Å². The van der Waals surface area contributed by atoms with Crippen molar-refractivity contribution in [2.75, 3.05) is 4.90 Å². The van der Waals surface area contributed by atoms with Crippen LogP contribution in [0.3, 0.4) is 0 Å². The summed E-state index contributed by atoms with van der Waals surface area (Å²) in [5.74, 6) is 0.617. The number of fused-ring (bicyclic) bond motifs is 2. The van der Waals surface area contributed by atoms with E-state index in [0.29, 0.717) is 37.4 Å². The molecule has 1 N–H and O–H groups in total. The van der Waals surface area contributed by atoms with E-state index in [9.17, 15) is 9.90 Å². The van der Waals surface area contributed by atoms with Crippen LogP contribution in [0.5, 0.6) is 0 Å². The molecule has 0 saturated carbocycles. The van der Waals surface area contributed by atoms with Gasteiger partial charge in [0.05, 0.1) is 36.2 Å². The Hall–Kier alpha value is -2.88. The summed E-state index contributed by atoms with van der Waals surface area (Å²) in [4.78, 5) is 19.5. The highest BCUT2D eigenvalue weighted by Crippen LogP contribution is 2.29. The Labute approximate surface area is 180 Å². The van der Waals surface area contributed by atoms with Crippen LogP contribution in [-0.2, 0) is 24.3 Å². The molecule has 0 bridgehead atoms. The number of unbranched alkanes of at least 4 members (excludes halogenated alkanes) is 1. The average molecular weight is 423 g/mol. The topological polar surface area (TPSA) is 82.2 Å². The standard InChI is InChI=1S/C23H23ClN4O2/c24-17-8-10-21-19(13-17)26-22(27(21)12-4-3-11-25)15-28-20-6-2-1-5-16(20)7-9-18(29)14-23(28)30/h1-2,5-6,8,10,13,18,29H,3-4,7,9,12,14-15H2/t18-/m0/s1. The summed E-state index contributed by atoms with van der Waals surface area (Å²) < 4.78 is 2.06. The number of hydrogen-bond acceptors (Lipinski definition) is 4. The number of aryl methyl sites for hydroxylation is 2. The van der Waals surface area contributed by atoms with Crippen LogP contribution >= 0.6 is 11.6 Å². The molecule has 4 rings (SSSR count). The molecule has 1 amide bonds. The monoisotopic (exact) mass is 422 g/mol. The molecule has 6 nitrogen and oxygen atoms in total. The quantitative estimate of drug-likeness (QED) is 0.624. The molecule has 1 aromatic heterocycles. The molecule has 0 unspecified atom stereocenters. The number of carbonyl (C=O) groups excluding carboxylic acids is 1. The van der Waals surface area contributed by atoms with Crippen molar-refractivity contribution in [3.8, 4) is 6.07 Å². The number of carbonyl (C=O) groups is 1. The first-order valence-corrected chi connectivity index (χ1v) is 10.5. The molecule has 1 aliphatic heterocycles. The maximum atomic E-state index is 13.1. The van der Waals surface area contributed by atoms with E-state index in [2.05, 4.69) is 10.6 Å². The van der Waals surface area contributed by atoms with Gasteiger partial charge in [-0.1, -0.05) is 29.8 Å². The number of aromatic nitrogens is 2. The number of halogens is 1. The summed E-state index contributed by atoms with van der Waals surface area (Å²) in [7, 11) is 0. The molecule has 0 saturated heterocycles. The minimum absolute atomic E-state index is 0.0921. The van der Waals surface area contributed by atoms with Gasteiger partial charge in [0.15, 0.2) is 0 Å². The lowest BCUT2D eigenvalue weighted by atomic mass is 9.99. The number of hydrogen-bond donors (Lipinski definition) is 1. The molecule has 1 aliphatic rings. The zero-order valence-corrected chi connectivity index (χ0v) is 17.3. The van der Waals surface area contributed by atoms with Gasteiger partial charge >= 0.3 is 0 Å². The molecule has 30 heavy (non-hydrogen) atoms. The van der Waals surface area contributed by atoms with E-state index in [-0.39, 0.29) is 12.3 Å². The number of para-hydroxylation sites is 1. The Morgan fingerprint density at radius 3 is 2.93 bits per heavy atom. The molecular formula is C23H23ClN4O2. The van der Waals surface area contributed by atoms with Gasteiger partial charge in [0.25, 0.3) is 0 Å². The Kier molecular flexibility index (Phi) is 6.03. The average Bonchev–Trinajstić information content (AvgIpc) is 3.06. The van der Waals surface area contributed by atoms with Crippen molar-refractivity contribution in [1.82, 2.24) is 9.55 Å². The van der Waals surface area contributed by atoms with Gasteiger partial charge in [-0.25, -0.2) is 4.98 Å². The van der Waals surface area contributed by atoms with Crippen molar-refractivity contribution in [3.05, 3.63) is 58.9 Å². The Bertz CT molecular complexity index is 1120. The van der Waals surface area contributed by atoms with Crippen LogP contribution in [0.2, 0.25) is 5.02 Å². The molecule has 1 atom stereocenters. The molecule has 0 aliphatic carbocycles. The predicted molar refractivity (Wildman–Crippen MR) is 116 cm³/mol. The molecule has 7 heteroatoms. The maximum absolute atomic E-state index is 13.1. The summed E-state index contributed by atoms with van der Waals surface area (Å²) in [6.07, 6.45) is 1.87. The van der Waals surface area contributed by atoms with Crippen LogP contribution in [0.15, 0.2) is 42.5 Å². The van der Waals surface area contributed by atoms with Crippen LogP contribution in [0.1, 0.15) is 37.1 Å². The van der Waals surface area contributed by atoms with Crippen LogP contribution in [-0.4, -0.2) is 26.7 Å². The minimum atomic E-state index is -0.651. The zero-order chi connectivity index (χ0) is 21.1. The van der Waals surface area contributed by atoms with E-state index in [1.165, 1.54) is 0 Å². The normalized spacial score (nSPS) is 16.8. The number of rotatable bonds is 5. The van der Waals surface area contributed by atoms with Crippen LogP contribution in [0.25, 0.3) is 11.0 Å². The van der Waals surface area contributed by atoms with E-state index < -0.39 is 6.10 Å². The summed E-state index contributed by atoms with van der Waals surface area (Å²) in [5, 5.41) is 19.8. The number of nitrogens with zero attached hydrogens (tertiary/aromatic N) is 4. The van der Waals surface area contributed by atoms with E-state index in [1.807, 2.05) is 42.5 Å². The Balaban J connectivity index is 1.76. The van der Waals surface area contributed by atoms with E-state index >= 15 is 0 Å². The molecule has 2 heterocycles. The first-order chi connectivity index (χ1) is 14.6. The van der Waals surface area contributed by atoms with E-state index in [1.54, 1.807) is 4.90 Å². The van der Waals surface area contributed by atoms with Gasteiger partial charge in [0, 0.05) is 23.7 Å². The van der Waals surface area contributed by atoms with Gasteiger partial charge in [-0.05, 0) is 49.1 Å². The lowest BCUT2D eigenvalue weighted by Gasteiger charge is -2.29. The second-order valence-electron chi connectivity index (χ2n) is 7.58. The lowest BCUT2D eigenvalue weighted by Crippen LogP contribution is -2.36.